The molecule has 180 valence electrons. The van der Waals surface area contributed by atoms with Crippen molar-refractivity contribution >= 4 is 54.1 Å². The molecule has 1 saturated heterocycles. The molecule has 1 aromatic rings. The Bertz CT molecular complexity index is 916. The molecule has 0 spiro atoms. The maximum absolute atomic E-state index is 12.5. The first-order chi connectivity index (χ1) is 15.4. The van der Waals surface area contributed by atoms with Crippen molar-refractivity contribution < 1.29 is 38.7 Å². The minimum absolute atomic E-state index is 0.0568. The number of amides is 2. The van der Waals surface area contributed by atoms with Crippen molar-refractivity contribution in [3.8, 4) is 0 Å². The highest BCUT2D eigenvalue weighted by molar-refractivity contribution is 6.47. The molecule has 2 rings (SSSR count). The highest BCUT2D eigenvalue weighted by Crippen LogP contribution is 2.29. The van der Waals surface area contributed by atoms with E-state index in [1.54, 1.807) is 0 Å². The van der Waals surface area contributed by atoms with Gasteiger partial charge in [0.2, 0.25) is 5.91 Å². The molecule has 2 amide bonds. The molecule has 0 saturated carbocycles. The van der Waals surface area contributed by atoms with E-state index in [2.05, 4.69) is 10.6 Å². The van der Waals surface area contributed by atoms with Gasteiger partial charge in [-0.05, 0) is 30.5 Å². The number of aliphatic carboxylic acids is 2. The van der Waals surface area contributed by atoms with E-state index >= 15 is 0 Å². The summed E-state index contributed by atoms with van der Waals surface area (Å²) in [6.45, 7) is 3.31. The van der Waals surface area contributed by atoms with Crippen LogP contribution in [0.15, 0.2) is 18.2 Å². The van der Waals surface area contributed by atoms with E-state index in [1.165, 1.54) is 18.2 Å². The van der Waals surface area contributed by atoms with E-state index in [1.807, 2.05) is 13.8 Å². The molecule has 1 fully saturated rings. The van der Waals surface area contributed by atoms with Crippen LogP contribution >= 0.6 is 23.2 Å². The fourth-order valence-electron chi connectivity index (χ4n) is 3.39. The summed E-state index contributed by atoms with van der Waals surface area (Å²) in [5, 5.41) is 24.3. The average Bonchev–Trinajstić information content (AvgIpc) is 2.72. The van der Waals surface area contributed by atoms with Gasteiger partial charge >= 0.3 is 19.1 Å². The molecule has 4 N–H and O–H groups in total. The molecule has 0 aliphatic carbocycles. The summed E-state index contributed by atoms with van der Waals surface area (Å²) in [6.07, 6.45) is -0.543. The molecular formula is C20H25BCl2N2O8. The predicted octanol–water partition coefficient (Wildman–Crippen LogP) is 2.02. The predicted molar refractivity (Wildman–Crippen MR) is 120 cm³/mol. The van der Waals surface area contributed by atoms with Crippen molar-refractivity contribution in [1.29, 1.82) is 0 Å². The zero-order chi connectivity index (χ0) is 24.8. The number of nitrogens with one attached hydrogen (secondary N) is 2. The molecule has 2 atom stereocenters. The van der Waals surface area contributed by atoms with Gasteiger partial charge in [0.15, 0.2) is 5.60 Å². The minimum Gasteiger partial charge on any atom is -0.481 e. The Morgan fingerprint density at radius 3 is 2.52 bits per heavy atom. The van der Waals surface area contributed by atoms with Gasteiger partial charge in [-0.1, -0.05) is 37.0 Å². The number of halogens is 2. The zero-order valence-electron chi connectivity index (χ0n) is 18.1. The Morgan fingerprint density at radius 1 is 1.21 bits per heavy atom. The van der Waals surface area contributed by atoms with Gasteiger partial charge in [0.1, 0.15) is 0 Å². The van der Waals surface area contributed by atoms with E-state index in [-0.39, 0.29) is 29.5 Å². The first kappa shape index (κ1) is 26.9. The minimum atomic E-state index is -1.97. The molecule has 1 aliphatic heterocycles. The van der Waals surface area contributed by atoms with Crippen LogP contribution < -0.4 is 10.6 Å². The summed E-state index contributed by atoms with van der Waals surface area (Å²) in [7, 11) is -1.18. The molecule has 0 unspecified atom stereocenters. The average molecular weight is 503 g/mol. The number of benzene rings is 1. The Labute approximate surface area is 201 Å². The molecule has 0 aromatic heterocycles. The second-order valence-electron chi connectivity index (χ2n) is 8.09. The fraction of sp³-hybridized carbons (Fsp3) is 0.500. The SMILES string of the molecule is CC(C)C[C@H](NC(=O)CNC(=O)c1cc(Cl)ccc1Cl)B1OCC[C@@](CC(=O)O)(C(=O)O)O1. The summed E-state index contributed by atoms with van der Waals surface area (Å²) in [4.78, 5) is 47.9. The van der Waals surface area contributed by atoms with E-state index in [4.69, 9.17) is 37.6 Å². The third kappa shape index (κ3) is 7.60. The summed E-state index contributed by atoms with van der Waals surface area (Å²) in [6, 6.07) is 4.35. The number of carboxylic acid groups (broad SMARTS) is 2. The maximum atomic E-state index is 12.5. The van der Waals surface area contributed by atoms with Crippen molar-refractivity contribution in [1.82, 2.24) is 10.6 Å². The fourth-order valence-corrected chi connectivity index (χ4v) is 3.77. The smallest absolute Gasteiger partial charge is 0.481 e. The number of hydrogen-bond acceptors (Lipinski definition) is 6. The molecule has 1 aromatic carbocycles. The van der Waals surface area contributed by atoms with E-state index in [0.29, 0.717) is 11.4 Å². The lowest BCUT2D eigenvalue weighted by Crippen LogP contribution is -2.60. The molecule has 10 nitrogen and oxygen atoms in total. The summed E-state index contributed by atoms with van der Waals surface area (Å²) >= 11 is 11.9. The number of rotatable bonds is 10. The van der Waals surface area contributed by atoms with E-state index in [9.17, 15) is 24.3 Å². The molecule has 0 radical (unpaired) electrons. The highest BCUT2D eigenvalue weighted by Gasteiger charge is 2.50. The van der Waals surface area contributed by atoms with Gasteiger partial charge in [0.05, 0.1) is 29.5 Å². The second kappa shape index (κ2) is 11.7. The lowest BCUT2D eigenvalue weighted by Gasteiger charge is -2.38. The van der Waals surface area contributed by atoms with Crippen LogP contribution in [-0.2, 0) is 23.7 Å². The van der Waals surface area contributed by atoms with Crippen LogP contribution in [0.4, 0.5) is 0 Å². The Balaban J connectivity index is 2.07. The topological polar surface area (TPSA) is 151 Å². The maximum Gasteiger partial charge on any atom is 0.481 e. The van der Waals surface area contributed by atoms with E-state index < -0.39 is 55.4 Å². The molecular weight excluding hydrogens is 478 g/mol. The van der Waals surface area contributed by atoms with Gasteiger partial charge in [-0.15, -0.1) is 0 Å². The van der Waals surface area contributed by atoms with Gasteiger partial charge < -0.3 is 30.2 Å². The lowest BCUT2D eigenvalue weighted by atomic mass is 9.71. The van der Waals surface area contributed by atoms with Crippen molar-refractivity contribution in [3.63, 3.8) is 0 Å². The van der Waals surface area contributed by atoms with Crippen LogP contribution in [0.1, 0.15) is 43.5 Å². The quantitative estimate of drug-likeness (QED) is 0.354. The first-order valence-corrected chi connectivity index (χ1v) is 11.0. The second-order valence-corrected chi connectivity index (χ2v) is 8.93. The third-order valence-corrected chi connectivity index (χ3v) is 5.50. The van der Waals surface area contributed by atoms with Crippen LogP contribution in [0.5, 0.6) is 0 Å². The Morgan fingerprint density at radius 2 is 1.91 bits per heavy atom. The summed E-state index contributed by atoms with van der Waals surface area (Å²) in [5.41, 5.74) is -1.86. The molecule has 0 bridgehead atoms. The van der Waals surface area contributed by atoms with Crippen LogP contribution in [0.2, 0.25) is 10.0 Å². The van der Waals surface area contributed by atoms with Crippen molar-refractivity contribution in [2.45, 2.75) is 44.7 Å². The van der Waals surface area contributed by atoms with Gasteiger partial charge in [-0.3, -0.25) is 14.4 Å². The van der Waals surface area contributed by atoms with Gasteiger partial charge in [0.25, 0.3) is 5.91 Å². The van der Waals surface area contributed by atoms with Gasteiger partial charge in [-0.2, -0.15) is 0 Å². The normalized spacial score (nSPS) is 19.1. The van der Waals surface area contributed by atoms with Crippen LogP contribution in [-0.4, -0.2) is 65.8 Å². The van der Waals surface area contributed by atoms with Crippen molar-refractivity contribution in [2.75, 3.05) is 13.2 Å². The monoisotopic (exact) mass is 502 g/mol. The van der Waals surface area contributed by atoms with Gasteiger partial charge in [0, 0.05) is 18.1 Å². The molecule has 1 aliphatic rings. The Hall–Kier alpha value is -2.34. The number of carboxylic acids is 2. The number of carbonyl (C=O) groups is 4. The largest absolute Gasteiger partial charge is 0.481 e. The molecule has 13 heteroatoms. The van der Waals surface area contributed by atoms with Crippen LogP contribution in [0, 0.1) is 5.92 Å². The number of carbonyl (C=O) groups excluding carboxylic acids is 2. The van der Waals surface area contributed by atoms with Crippen LogP contribution in [0.3, 0.4) is 0 Å². The van der Waals surface area contributed by atoms with Crippen molar-refractivity contribution in [2.24, 2.45) is 5.92 Å². The van der Waals surface area contributed by atoms with Gasteiger partial charge in [-0.25, -0.2) is 4.79 Å². The lowest BCUT2D eigenvalue weighted by molar-refractivity contribution is -0.169. The standard InChI is InChI=1S/C20H25BCl2N2O8/c1-11(2)7-15(21-32-6-5-20(33-21,19(30)31)9-17(27)28)25-16(26)10-24-18(29)13-8-12(22)3-4-14(13)23/h3-4,8,11,15H,5-7,9-10H2,1-2H3,(H,24,29)(H,25,26)(H,27,28)(H,30,31)/t15-,20+/m0/s1. The Kier molecular flexibility index (Phi) is 9.53. The first-order valence-electron chi connectivity index (χ1n) is 10.2. The van der Waals surface area contributed by atoms with Crippen molar-refractivity contribution in [3.05, 3.63) is 33.8 Å². The zero-order valence-corrected chi connectivity index (χ0v) is 19.6. The number of hydrogen-bond donors (Lipinski definition) is 4. The van der Waals surface area contributed by atoms with E-state index in [0.717, 1.165) is 0 Å². The summed E-state index contributed by atoms with van der Waals surface area (Å²) in [5.74, 6) is -4.65. The highest BCUT2D eigenvalue weighted by atomic mass is 35.5. The van der Waals surface area contributed by atoms with Crippen LogP contribution in [0.25, 0.3) is 0 Å². The molecule has 1 heterocycles. The third-order valence-electron chi connectivity index (χ3n) is 4.94. The summed E-state index contributed by atoms with van der Waals surface area (Å²) < 4.78 is 11.1. The molecule has 33 heavy (non-hydrogen) atoms.